The third kappa shape index (κ3) is 2.97. The maximum absolute atomic E-state index is 12.1. The minimum atomic E-state index is -3.69. The van der Waals surface area contributed by atoms with Gasteiger partial charge in [0.25, 0.3) is 0 Å². The summed E-state index contributed by atoms with van der Waals surface area (Å²) in [5, 5.41) is 9.57. The summed E-state index contributed by atoms with van der Waals surface area (Å²) in [5.41, 5.74) is -0.294. The van der Waals surface area contributed by atoms with Crippen LogP contribution in [0.3, 0.4) is 0 Å². The van der Waals surface area contributed by atoms with Crippen LogP contribution in [0.5, 0.6) is 0 Å². The van der Waals surface area contributed by atoms with Crippen LogP contribution in [0.25, 0.3) is 0 Å². The Bertz CT molecular complexity index is 555. The summed E-state index contributed by atoms with van der Waals surface area (Å²) in [7, 11) is -3.69. The van der Waals surface area contributed by atoms with Gasteiger partial charge in [-0.05, 0) is 31.0 Å². The van der Waals surface area contributed by atoms with E-state index in [1.165, 1.54) is 18.2 Å². The first-order chi connectivity index (χ1) is 8.38. The molecule has 100 valence electrons. The lowest BCUT2D eigenvalue weighted by atomic mass is 10.1. The third-order valence-corrected chi connectivity index (χ3v) is 5.23. The summed E-state index contributed by atoms with van der Waals surface area (Å²) in [6, 6.07) is 4.28. The largest absolute Gasteiger partial charge is 0.396 e. The van der Waals surface area contributed by atoms with E-state index in [0.717, 1.165) is 12.8 Å². The van der Waals surface area contributed by atoms with Gasteiger partial charge in [-0.2, -0.15) is 0 Å². The predicted molar refractivity (Wildman–Crippen MR) is 70.4 cm³/mol. The predicted octanol–water partition coefficient (Wildman–Crippen LogP) is 2.04. The first-order valence-electron chi connectivity index (χ1n) is 5.44. The molecule has 1 aliphatic carbocycles. The van der Waals surface area contributed by atoms with E-state index in [4.69, 9.17) is 28.3 Å². The second kappa shape index (κ2) is 4.98. The first kappa shape index (κ1) is 14.1. The molecule has 0 heterocycles. The molecule has 0 radical (unpaired) electrons. The molecule has 0 atom stereocenters. The van der Waals surface area contributed by atoms with Gasteiger partial charge in [-0.25, -0.2) is 13.1 Å². The van der Waals surface area contributed by atoms with Crippen molar-refractivity contribution in [3.8, 4) is 0 Å². The number of benzene rings is 1. The Morgan fingerprint density at radius 1 is 1.33 bits per heavy atom. The number of aliphatic hydroxyl groups excluding tert-OH is 1. The lowest BCUT2D eigenvalue weighted by Crippen LogP contribution is -2.32. The fourth-order valence-corrected chi connectivity index (χ4v) is 3.49. The number of aliphatic hydroxyl groups is 1. The van der Waals surface area contributed by atoms with Crippen molar-refractivity contribution in [1.29, 1.82) is 0 Å². The monoisotopic (exact) mass is 309 g/mol. The van der Waals surface area contributed by atoms with Crippen molar-refractivity contribution in [3.63, 3.8) is 0 Å². The Balaban J connectivity index is 2.18. The molecule has 2 rings (SSSR count). The normalized spacial score (nSPS) is 17.7. The molecule has 0 saturated heterocycles. The van der Waals surface area contributed by atoms with Crippen molar-refractivity contribution in [1.82, 2.24) is 4.72 Å². The average molecular weight is 310 g/mol. The molecular formula is C11H13Cl2NO3S. The van der Waals surface area contributed by atoms with Gasteiger partial charge in [0.15, 0.2) is 0 Å². The van der Waals surface area contributed by atoms with Gasteiger partial charge in [0.2, 0.25) is 10.0 Å². The van der Waals surface area contributed by atoms with Crippen LogP contribution in [-0.2, 0) is 10.0 Å². The highest BCUT2D eigenvalue weighted by Gasteiger charge is 2.42. The van der Waals surface area contributed by atoms with Crippen LogP contribution < -0.4 is 4.72 Å². The van der Waals surface area contributed by atoms with Crippen molar-refractivity contribution in [2.45, 2.75) is 17.7 Å². The molecule has 0 bridgehead atoms. The summed E-state index contributed by atoms with van der Waals surface area (Å²) in [4.78, 5) is -0.0367. The fraction of sp³-hybridized carbons (Fsp3) is 0.455. The Morgan fingerprint density at radius 2 is 2.00 bits per heavy atom. The highest BCUT2D eigenvalue weighted by Crippen LogP contribution is 2.44. The molecule has 7 heteroatoms. The van der Waals surface area contributed by atoms with Crippen LogP contribution in [0, 0.1) is 5.41 Å². The van der Waals surface area contributed by atoms with Crippen molar-refractivity contribution in [3.05, 3.63) is 28.2 Å². The molecule has 1 aromatic carbocycles. The van der Waals surface area contributed by atoms with Gasteiger partial charge in [0.05, 0.1) is 5.02 Å². The zero-order chi connectivity index (χ0) is 13.4. The molecule has 4 nitrogen and oxygen atoms in total. The number of sulfonamides is 1. The summed E-state index contributed by atoms with van der Waals surface area (Å²) in [6.45, 7) is 0.202. The Labute approximate surface area is 116 Å². The minimum absolute atomic E-state index is 0.0151. The molecule has 0 amide bonds. The van der Waals surface area contributed by atoms with Crippen LogP contribution in [0.2, 0.25) is 10.0 Å². The van der Waals surface area contributed by atoms with Gasteiger partial charge in [0, 0.05) is 23.6 Å². The van der Waals surface area contributed by atoms with Crippen molar-refractivity contribution in [2.24, 2.45) is 5.41 Å². The summed E-state index contributed by atoms with van der Waals surface area (Å²) in [5.74, 6) is 0. The summed E-state index contributed by atoms with van der Waals surface area (Å²) < 4.78 is 26.6. The number of hydrogen-bond acceptors (Lipinski definition) is 3. The Morgan fingerprint density at radius 3 is 2.56 bits per heavy atom. The van der Waals surface area contributed by atoms with Crippen LogP contribution in [0.1, 0.15) is 12.8 Å². The maximum Gasteiger partial charge on any atom is 0.242 e. The third-order valence-electron chi connectivity index (χ3n) is 3.11. The van der Waals surface area contributed by atoms with Crippen molar-refractivity contribution in [2.75, 3.05) is 13.2 Å². The zero-order valence-corrected chi connectivity index (χ0v) is 11.8. The van der Waals surface area contributed by atoms with Gasteiger partial charge in [-0.15, -0.1) is 0 Å². The van der Waals surface area contributed by atoms with E-state index in [1.54, 1.807) is 0 Å². The Hall–Kier alpha value is -0.330. The van der Waals surface area contributed by atoms with E-state index in [9.17, 15) is 8.42 Å². The highest BCUT2D eigenvalue weighted by atomic mass is 35.5. The second-order valence-corrected chi connectivity index (χ2v) is 7.14. The van der Waals surface area contributed by atoms with Crippen LogP contribution >= 0.6 is 23.2 Å². The van der Waals surface area contributed by atoms with Crippen molar-refractivity contribution < 1.29 is 13.5 Å². The Kier molecular flexibility index (Phi) is 3.90. The molecule has 18 heavy (non-hydrogen) atoms. The maximum atomic E-state index is 12.1. The van der Waals surface area contributed by atoms with E-state index < -0.39 is 10.0 Å². The minimum Gasteiger partial charge on any atom is -0.396 e. The highest BCUT2D eigenvalue weighted by molar-refractivity contribution is 7.89. The topological polar surface area (TPSA) is 66.4 Å². The molecule has 0 spiro atoms. The molecule has 0 aromatic heterocycles. The number of halogens is 2. The second-order valence-electron chi connectivity index (χ2n) is 4.56. The molecule has 1 aromatic rings. The number of rotatable bonds is 5. The number of nitrogens with one attached hydrogen (secondary N) is 1. The molecular weight excluding hydrogens is 297 g/mol. The van der Waals surface area contributed by atoms with Gasteiger partial charge in [-0.1, -0.05) is 23.2 Å². The van der Waals surface area contributed by atoms with E-state index in [2.05, 4.69) is 4.72 Å². The van der Waals surface area contributed by atoms with Gasteiger partial charge < -0.3 is 5.11 Å². The first-order valence-corrected chi connectivity index (χ1v) is 7.68. The van der Waals surface area contributed by atoms with Crippen LogP contribution in [0.4, 0.5) is 0 Å². The summed E-state index contributed by atoms with van der Waals surface area (Å²) in [6.07, 6.45) is 1.66. The molecule has 0 aliphatic heterocycles. The van der Waals surface area contributed by atoms with Gasteiger partial charge >= 0.3 is 0 Å². The number of hydrogen-bond donors (Lipinski definition) is 2. The van der Waals surface area contributed by atoms with Crippen molar-refractivity contribution >= 4 is 33.2 Å². The molecule has 1 saturated carbocycles. The molecule has 1 fully saturated rings. The lowest BCUT2D eigenvalue weighted by molar-refractivity contribution is 0.213. The van der Waals surface area contributed by atoms with Crippen LogP contribution in [-0.4, -0.2) is 26.7 Å². The summed E-state index contributed by atoms with van der Waals surface area (Å²) >= 11 is 11.6. The smallest absolute Gasteiger partial charge is 0.242 e. The van der Waals surface area contributed by atoms with Crippen LogP contribution in [0.15, 0.2) is 23.1 Å². The molecule has 1 aliphatic rings. The van der Waals surface area contributed by atoms with Gasteiger partial charge in [-0.3, -0.25) is 0 Å². The quantitative estimate of drug-likeness (QED) is 0.874. The fourth-order valence-electron chi connectivity index (χ4n) is 1.58. The van der Waals surface area contributed by atoms with E-state index in [0.29, 0.717) is 5.02 Å². The molecule has 2 N–H and O–H groups in total. The molecule has 0 unspecified atom stereocenters. The average Bonchev–Trinajstić information content (AvgIpc) is 3.11. The standard InChI is InChI=1S/C11H13Cl2NO3S/c12-8-1-2-9(13)10(5-8)18(16,17)14-6-11(7-15)3-4-11/h1-2,5,14-15H,3-4,6-7H2. The van der Waals surface area contributed by atoms with E-state index in [1.807, 2.05) is 0 Å². The SMILES string of the molecule is O=S(=O)(NCC1(CO)CC1)c1cc(Cl)ccc1Cl. The van der Waals surface area contributed by atoms with E-state index >= 15 is 0 Å². The lowest BCUT2D eigenvalue weighted by Gasteiger charge is -2.14. The van der Waals surface area contributed by atoms with E-state index in [-0.39, 0.29) is 28.5 Å². The zero-order valence-electron chi connectivity index (χ0n) is 9.49. The van der Waals surface area contributed by atoms with Gasteiger partial charge in [0.1, 0.15) is 4.90 Å².